The van der Waals surface area contributed by atoms with Gasteiger partial charge in [-0.2, -0.15) is 13.2 Å². The maximum absolute atomic E-state index is 13.0. The van der Waals surface area contributed by atoms with Crippen molar-refractivity contribution in [2.75, 3.05) is 12.4 Å². The maximum atomic E-state index is 13.0. The summed E-state index contributed by atoms with van der Waals surface area (Å²) >= 11 is 1.41. The zero-order valence-corrected chi connectivity index (χ0v) is 18.0. The normalized spacial score (nSPS) is 11.4. The number of hydrogen-bond acceptors (Lipinski definition) is 4. The second kappa shape index (κ2) is 9.94. The zero-order chi connectivity index (χ0) is 22.4. The Hall–Kier alpha value is -2.59. The lowest BCUT2D eigenvalue weighted by molar-refractivity contribution is -0.157. The van der Waals surface area contributed by atoms with Crippen LogP contribution in [0.2, 0.25) is 0 Å². The van der Waals surface area contributed by atoms with Crippen LogP contribution < -0.4 is 4.74 Å². The number of thioether (sulfide) groups is 1. The largest absolute Gasteiger partial charge is 0.482 e. The van der Waals surface area contributed by atoms with Crippen LogP contribution in [0.4, 0.5) is 13.2 Å². The molecule has 3 nitrogen and oxygen atoms in total. The Labute approximate surface area is 179 Å². The van der Waals surface area contributed by atoms with Crippen molar-refractivity contribution < 1.29 is 27.4 Å². The summed E-state index contributed by atoms with van der Waals surface area (Å²) in [4.78, 5) is 12.6. The Morgan fingerprint density at radius 3 is 2.43 bits per heavy atom. The molecule has 0 aromatic heterocycles. The highest BCUT2D eigenvalue weighted by atomic mass is 32.2. The van der Waals surface area contributed by atoms with Gasteiger partial charge in [0.1, 0.15) is 11.4 Å². The van der Waals surface area contributed by atoms with Crippen LogP contribution >= 0.6 is 11.8 Å². The standard InChI is InChI=1S/C23H23F3O3S/c1-16-14-18(11-12-20(16)28-15-21(27)29-22(2,3)4)30-13-7-9-17-8-5-6-10-19(17)23(24,25)26/h5-6,8,10-12,14H,13,15H2,1-4H3. The van der Waals surface area contributed by atoms with E-state index in [0.29, 0.717) is 11.5 Å². The summed E-state index contributed by atoms with van der Waals surface area (Å²) in [6.07, 6.45) is -4.43. The van der Waals surface area contributed by atoms with Crippen LogP contribution in [0, 0.1) is 18.8 Å². The molecule has 0 N–H and O–H groups in total. The summed E-state index contributed by atoms with van der Waals surface area (Å²) in [6.45, 7) is 7.01. The van der Waals surface area contributed by atoms with Gasteiger partial charge in [-0.3, -0.25) is 0 Å². The Balaban J connectivity index is 1.94. The van der Waals surface area contributed by atoms with Gasteiger partial charge in [-0.25, -0.2) is 4.79 Å². The van der Waals surface area contributed by atoms with Gasteiger partial charge in [0.25, 0.3) is 0 Å². The lowest BCUT2D eigenvalue weighted by Crippen LogP contribution is -2.27. The number of halogens is 3. The molecule has 0 aliphatic rings. The molecule has 2 aromatic rings. The number of hydrogen-bond donors (Lipinski definition) is 0. The van der Waals surface area contributed by atoms with E-state index in [0.717, 1.165) is 16.5 Å². The first-order valence-corrected chi connectivity index (χ1v) is 10.2. The van der Waals surface area contributed by atoms with Crippen molar-refractivity contribution in [3.63, 3.8) is 0 Å². The molecule has 0 saturated heterocycles. The fraction of sp³-hybridized carbons (Fsp3) is 0.348. The Bertz CT molecular complexity index is 951. The minimum Gasteiger partial charge on any atom is -0.482 e. The topological polar surface area (TPSA) is 35.5 Å². The predicted octanol–water partition coefficient (Wildman–Crippen LogP) is 5.88. The van der Waals surface area contributed by atoms with E-state index in [1.807, 2.05) is 19.1 Å². The summed E-state index contributed by atoms with van der Waals surface area (Å²) in [5.41, 5.74) is -0.506. The number of ether oxygens (including phenoxy) is 2. The zero-order valence-electron chi connectivity index (χ0n) is 17.2. The molecule has 2 rings (SSSR count). The predicted molar refractivity (Wildman–Crippen MR) is 112 cm³/mol. The van der Waals surface area contributed by atoms with Gasteiger partial charge >= 0.3 is 12.1 Å². The van der Waals surface area contributed by atoms with E-state index in [1.54, 1.807) is 26.8 Å². The minimum atomic E-state index is -4.43. The highest BCUT2D eigenvalue weighted by Crippen LogP contribution is 2.31. The SMILES string of the molecule is Cc1cc(SCC#Cc2ccccc2C(F)(F)F)ccc1OCC(=O)OC(C)(C)C. The molecule has 30 heavy (non-hydrogen) atoms. The van der Waals surface area contributed by atoms with E-state index in [1.165, 1.54) is 30.0 Å². The fourth-order valence-corrected chi connectivity index (χ4v) is 3.21. The summed E-state index contributed by atoms with van der Waals surface area (Å²) in [5.74, 6) is 5.83. The first-order chi connectivity index (χ1) is 14.0. The summed E-state index contributed by atoms with van der Waals surface area (Å²) < 4.78 is 49.7. The van der Waals surface area contributed by atoms with Gasteiger partial charge in [0, 0.05) is 10.5 Å². The molecule has 0 aliphatic heterocycles. The van der Waals surface area contributed by atoms with Crippen LogP contribution in [0.1, 0.15) is 37.5 Å². The van der Waals surface area contributed by atoms with Crippen LogP contribution in [-0.4, -0.2) is 23.9 Å². The third-order valence-electron chi connectivity index (χ3n) is 3.68. The molecule has 0 heterocycles. The maximum Gasteiger partial charge on any atom is 0.417 e. The number of aryl methyl sites for hydroxylation is 1. The Morgan fingerprint density at radius 2 is 1.80 bits per heavy atom. The third-order valence-corrected chi connectivity index (χ3v) is 4.55. The lowest BCUT2D eigenvalue weighted by atomic mass is 10.1. The molecule has 0 radical (unpaired) electrons. The number of carbonyl (C=O) groups is 1. The van der Waals surface area contributed by atoms with Crippen LogP contribution in [0.5, 0.6) is 5.75 Å². The smallest absolute Gasteiger partial charge is 0.417 e. The Morgan fingerprint density at radius 1 is 1.10 bits per heavy atom. The fourth-order valence-electron chi connectivity index (χ4n) is 2.47. The van der Waals surface area contributed by atoms with Gasteiger partial charge < -0.3 is 9.47 Å². The van der Waals surface area contributed by atoms with E-state index in [4.69, 9.17) is 9.47 Å². The molecule has 7 heteroatoms. The molecule has 0 unspecified atom stereocenters. The second-order valence-electron chi connectivity index (χ2n) is 7.44. The number of esters is 1. The summed E-state index contributed by atoms with van der Waals surface area (Å²) in [5, 5.41) is 0. The highest BCUT2D eigenvalue weighted by molar-refractivity contribution is 7.99. The van der Waals surface area contributed by atoms with Crippen LogP contribution in [-0.2, 0) is 15.7 Å². The molecule has 0 atom stereocenters. The van der Waals surface area contributed by atoms with Gasteiger partial charge in [-0.1, -0.05) is 24.0 Å². The molecule has 0 amide bonds. The average Bonchev–Trinajstić information content (AvgIpc) is 2.62. The molecule has 2 aromatic carbocycles. The second-order valence-corrected chi connectivity index (χ2v) is 8.48. The number of alkyl halides is 3. The van der Waals surface area contributed by atoms with Crippen molar-refractivity contribution >= 4 is 17.7 Å². The first kappa shape index (κ1) is 23.7. The molecular weight excluding hydrogens is 413 g/mol. The first-order valence-electron chi connectivity index (χ1n) is 9.19. The third kappa shape index (κ3) is 7.68. The van der Waals surface area contributed by atoms with E-state index in [-0.39, 0.29) is 12.2 Å². The van der Waals surface area contributed by atoms with E-state index >= 15 is 0 Å². The van der Waals surface area contributed by atoms with Crippen LogP contribution in [0.25, 0.3) is 0 Å². The molecule has 0 bridgehead atoms. The average molecular weight is 436 g/mol. The van der Waals surface area contributed by atoms with Gasteiger partial charge in [-0.05, 0) is 63.6 Å². The summed E-state index contributed by atoms with van der Waals surface area (Å²) in [7, 11) is 0. The van der Waals surface area contributed by atoms with Crippen molar-refractivity contribution in [1.82, 2.24) is 0 Å². The quantitative estimate of drug-likeness (QED) is 0.333. The monoisotopic (exact) mass is 436 g/mol. The van der Waals surface area contributed by atoms with E-state index < -0.39 is 23.3 Å². The van der Waals surface area contributed by atoms with Crippen molar-refractivity contribution in [2.45, 2.75) is 44.4 Å². The minimum absolute atomic E-state index is 0.0346. The van der Waals surface area contributed by atoms with Gasteiger partial charge in [0.05, 0.1) is 11.3 Å². The molecule has 0 aliphatic carbocycles. The highest BCUT2D eigenvalue weighted by Gasteiger charge is 2.32. The van der Waals surface area contributed by atoms with Crippen LogP contribution in [0.3, 0.4) is 0 Å². The molecule has 0 fully saturated rings. The van der Waals surface area contributed by atoms with Gasteiger partial charge in [-0.15, -0.1) is 11.8 Å². The van der Waals surface area contributed by atoms with Crippen molar-refractivity contribution in [3.05, 3.63) is 59.2 Å². The van der Waals surface area contributed by atoms with Crippen molar-refractivity contribution in [2.24, 2.45) is 0 Å². The number of benzene rings is 2. The van der Waals surface area contributed by atoms with E-state index in [9.17, 15) is 18.0 Å². The summed E-state index contributed by atoms with van der Waals surface area (Å²) in [6, 6.07) is 10.7. The van der Waals surface area contributed by atoms with Crippen molar-refractivity contribution in [1.29, 1.82) is 0 Å². The van der Waals surface area contributed by atoms with E-state index in [2.05, 4.69) is 11.8 Å². The molecule has 160 valence electrons. The van der Waals surface area contributed by atoms with Crippen molar-refractivity contribution in [3.8, 4) is 17.6 Å². The van der Waals surface area contributed by atoms with Crippen LogP contribution in [0.15, 0.2) is 47.4 Å². The number of rotatable bonds is 5. The lowest BCUT2D eigenvalue weighted by Gasteiger charge is -2.19. The molecule has 0 saturated carbocycles. The number of carbonyl (C=O) groups excluding carboxylic acids is 1. The molecular formula is C23H23F3O3S. The van der Waals surface area contributed by atoms with Gasteiger partial charge in [0.15, 0.2) is 6.61 Å². The Kier molecular flexibility index (Phi) is 7.85. The molecule has 0 spiro atoms. The van der Waals surface area contributed by atoms with Gasteiger partial charge in [0.2, 0.25) is 0 Å².